The third-order valence-corrected chi connectivity index (χ3v) is 3.14. The van der Waals surface area contributed by atoms with Crippen LogP contribution in [0.2, 0.25) is 5.02 Å². The van der Waals surface area contributed by atoms with E-state index in [1.165, 1.54) is 19.2 Å². The van der Waals surface area contributed by atoms with Crippen molar-refractivity contribution in [1.29, 1.82) is 0 Å². The van der Waals surface area contributed by atoms with Gasteiger partial charge >= 0.3 is 0 Å². The quantitative estimate of drug-likeness (QED) is 0.672. The molecule has 1 aromatic carbocycles. The first-order valence-corrected chi connectivity index (χ1v) is 6.67. The second-order valence-electron chi connectivity index (χ2n) is 4.23. The van der Waals surface area contributed by atoms with Gasteiger partial charge in [0, 0.05) is 18.2 Å². The van der Waals surface area contributed by atoms with Crippen LogP contribution < -0.4 is 10.1 Å². The molecule has 0 saturated carbocycles. The molecule has 0 bridgehead atoms. The molecule has 6 nitrogen and oxygen atoms in total. The number of hydrogen-bond donors (Lipinski definition) is 1. The van der Waals surface area contributed by atoms with E-state index in [4.69, 9.17) is 16.3 Å². The van der Waals surface area contributed by atoms with Gasteiger partial charge in [0.25, 0.3) is 5.69 Å². The highest BCUT2D eigenvalue weighted by molar-refractivity contribution is 6.32. The molecule has 7 heteroatoms. The average molecular weight is 308 g/mol. The van der Waals surface area contributed by atoms with Gasteiger partial charge in [-0.2, -0.15) is 0 Å². The van der Waals surface area contributed by atoms with Crippen molar-refractivity contribution in [3.63, 3.8) is 0 Å². The van der Waals surface area contributed by atoms with Crippen LogP contribution in [0.5, 0.6) is 5.75 Å². The van der Waals surface area contributed by atoms with Gasteiger partial charge in [0.2, 0.25) is 0 Å². The highest BCUT2D eigenvalue weighted by Gasteiger charge is 2.13. The number of methoxy groups -OCH3 is 1. The number of hydrogen-bond acceptors (Lipinski definition) is 5. The lowest BCUT2D eigenvalue weighted by Gasteiger charge is -2.08. The first-order valence-electron chi connectivity index (χ1n) is 6.29. The zero-order valence-corrected chi connectivity index (χ0v) is 12.3. The molecule has 0 aliphatic rings. The van der Waals surface area contributed by atoms with Crippen molar-refractivity contribution in [2.75, 3.05) is 19.0 Å². The molecular formula is C14H14ClN3O3. The minimum atomic E-state index is -0.445. The van der Waals surface area contributed by atoms with Crippen LogP contribution in [0.25, 0.3) is 11.3 Å². The Balaban J connectivity index is 2.54. The summed E-state index contributed by atoms with van der Waals surface area (Å²) in [7, 11) is 1.51. The first-order chi connectivity index (χ1) is 10.0. The topological polar surface area (TPSA) is 77.3 Å². The summed E-state index contributed by atoms with van der Waals surface area (Å²) in [6, 6.07) is 7.93. The van der Waals surface area contributed by atoms with E-state index in [1.54, 1.807) is 18.2 Å². The number of nitro groups is 1. The van der Waals surface area contributed by atoms with Crippen molar-refractivity contribution < 1.29 is 9.66 Å². The van der Waals surface area contributed by atoms with Gasteiger partial charge in [-0.05, 0) is 19.1 Å². The zero-order chi connectivity index (χ0) is 15.4. The summed E-state index contributed by atoms with van der Waals surface area (Å²) in [5.41, 5.74) is 1.15. The number of ether oxygens (including phenoxy) is 1. The number of pyridine rings is 1. The third kappa shape index (κ3) is 3.41. The van der Waals surface area contributed by atoms with Crippen molar-refractivity contribution in [3.05, 3.63) is 45.5 Å². The van der Waals surface area contributed by atoms with E-state index in [0.717, 1.165) is 0 Å². The third-order valence-electron chi connectivity index (χ3n) is 2.83. The molecule has 0 aliphatic carbocycles. The maximum Gasteiger partial charge on any atom is 0.275 e. The molecule has 0 aliphatic heterocycles. The summed E-state index contributed by atoms with van der Waals surface area (Å²) in [6.45, 7) is 2.52. The molecule has 0 spiro atoms. The fraction of sp³-hybridized carbons (Fsp3) is 0.214. The van der Waals surface area contributed by atoms with Crippen LogP contribution in [0.15, 0.2) is 30.3 Å². The summed E-state index contributed by atoms with van der Waals surface area (Å²) >= 11 is 5.98. The van der Waals surface area contributed by atoms with E-state index < -0.39 is 4.92 Å². The summed E-state index contributed by atoms with van der Waals surface area (Å²) < 4.78 is 5.15. The highest BCUT2D eigenvalue weighted by atomic mass is 35.5. The molecule has 1 N–H and O–H groups in total. The largest absolute Gasteiger partial charge is 0.495 e. The molecule has 2 rings (SSSR count). The number of benzene rings is 1. The normalized spacial score (nSPS) is 10.2. The Morgan fingerprint density at radius 1 is 1.38 bits per heavy atom. The summed E-state index contributed by atoms with van der Waals surface area (Å²) in [6.07, 6.45) is 0. The van der Waals surface area contributed by atoms with Gasteiger partial charge in [0.15, 0.2) is 0 Å². The van der Waals surface area contributed by atoms with Gasteiger partial charge in [0.1, 0.15) is 11.6 Å². The Morgan fingerprint density at radius 3 is 2.76 bits per heavy atom. The minimum absolute atomic E-state index is 0.0233. The molecular weight excluding hydrogens is 294 g/mol. The molecule has 21 heavy (non-hydrogen) atoms. The number of nitrogens with zero attached hydrogens (tertiary/aromatic N) is 2. The molecule has 1 heterocycles. The lowest BCUT2D eigenvalue weighted by atomic mass is 10.1. The average Bonchev–Trinajstić information content (AvgIpc) is 2.47. The van der Waals surface area contributed by atoms with Crippen LogP contribution in [0.4, 0.5) is 11.5 Å². The van der Waals surface area contributed by atoms with E-state index in [1.807, 2.05) is 6.92 Å². The van der Waals surface area contributed by atoms with E-state index in [9.17, 15) is 10.1 Å². The Bertz CT molecular complexity index is 677. The summed E-state index contributed by atoms with van der Waals surface area (Å²) in [4.78, 5) is 14.9. The van der Waals surface area contributed by atoms with Crippen LogP contribution in [-0.2, 0) is 0 Å². The molecule has 0 radical (unpaired) electrons. The minimum Gasteiger partial charge on any atom is -0.495 e. The van der Waals surface area contributed by atoms with E-state index >= 15 is 0 Å². The van der Waals surface area contributed by atoms with Crippen molar-refractivity contribution in [1.82, 2.24) is 4.98 Å². The summed E-state index contributed by atoms with van der Waals surface area (Å²) in [5.74, 6) is 0.947. The van der Waals surface area contributed by atoms with Gasteiger partial charge in [-0.15, -0.1) is 0 Å². The van der Waals surface area contributed by atoms with Crippen molar-refractivity contribution >= 4 is 23.1 Å². The molecule has 2 aromatic rings. The van der Waals surface area contributed by atoms with E-state index in [2.05, 4.69) is 10.3 Å². The van der Waals surface area contributed by atoms with Crippen molar-refractivity contribution in [2.24, 2.45) is 0 Å². The van der Waals surface area contributed by atoms with Crippen LogP contribution in [0, 0.1) is 10.1 Å². The summed E-state index contributed by atoms with van der Waals surface area (Å²) in [5, 5.41) is 14.5. The predicted molar refractivity (Wildman–Crippen MR) is 82.1 cm³/mol. The smallest absolute Gasteiger partial charge is 0.275 e. The molecule has 0 unspecified atom stereocenters. The number of rotatable bonds is 5. The molecule has 0 atom stereocenters. The lowest BCUT2D eigenvalue weighted by Crippen LogP contribution is -2.01. The van der Waals surface area contributed by atoms with Gasteiger partial charge in [-0.3, -0.25) is 10.1 Å². The number of anilines is 1. The standard InChI is InChI=1S/C14H14ClN3O3/c1-3-16-14-8-10(18(19)20)7-12(17-14)9-4-5-11(15)13(6-9)21-2/h4-8H,3H2,1-2H3,(H,16,17). The van der Waals surface area contributed by atoms with Crippen LogP contribution >= 0.6 is 11.6 Å². The predicted octanol–water partition coefficient (Wildman–Crippen LogP) is 3.75. The molecule has 0 saturated heterocycles. The Morgan fingerprint density at radius 2 is 2.14 bits per heavy atom. The highest BCUT2D eigenvalue weighted by Crippen LogP contribution is 2.31. The van der Waals surface area contributed by atoms with Crippen molar-refractivity contribution in [3.8, 4) is 17.0 Å². The number of halogens is 1. The van der Waals surface area contributed by atoms with Gasteiger partial charge in [-0.1, -0.05) is 17.7 Å². The monoisotopic (exact) mass is 307 g/mol. The fourth-order valence-corrected chi connectivity index (χ4v) is 2.05. The first kappa shape index (κ1) is 15.1. The maximum absolute atomic E-state index is 11.0. The molecule has 110 valence electrons. The molecule has 0 fully saturated rings. The number of nitrogens with one attached hydrogen (secondary N) is 1. The lowest BCUT2D eigenvalue weighted by molar-refractivity contribution is -0.384. The second kappa shape index (κ2) is 6.41. The van der Waals surface area contributed by atoms with Crippen LogP contribution in [0.3, 0.4) is 0 Å². The second-order valence-corrected chi connectivity index (χ2v) is 4.64. The van der Waals surface area contributed by atoms with Crippen molar-refractivity contribution in [2.45, 2.75) is 6.92 Å². The van der Waals surface area contributed by atoms with Gasteiger partial charge < -0.3 is 10.1 Å². The zero-order valence-electron chi connectivity index (χ0n) is 11.6. The van der Waals surface area contributed by atoms with Gasteiger partial charge in [-0.25, -0.2) is 4.98 Å². The number of aromatic nitrogens is 1. The van der Waals surface area contributed by atoms with E-state index in [-0.39, 0.29) is 5.69 Å². The fourth-order valence-electron chi connectivity index (χ4n) is 1.86. The molecule has 1 aromatic heterocycles. The maximum atomic E-state index is 11.0. The van der Waals surface area contributed by atoms with Gasteiger partial charge in [0.05, 0.1) is 28.8 Å². The Hall–Kier alpha value is -2.34. The van der Waals surface area contributed by atoms with Crippen LogP contribution in [-0.4, -0.2) is 23.6 Å². The molecule has 0 amide bonds. The SMILES string of the molecule is CCNc1cc([N+](=O)[O-])cc(-c2ccc(Cl)c(OC)c2)n1. The van der Waals surface area contributed by atoms with Crippen LogP contribution in [0.1, 0.15) is 6.92 Å². The Kier molecular flexibility index (Phi) is 4.59. The van der Waals surface area contributed by atoms with E-state index in [0.29, 0.717) is 34.4 Å². The Labute approximate surface area is 126 Å².